The van der Waals surface area contributed by atoms with Gasteiger partial charge in [-0.2, -0.15) is 0 Å². The molecular formula is C11H20. The SMILES string of the molecule is CC1(C)CC2CCCCCC21. The van der Waals surface area contributed by atoms with E-state index in [4.69, 9.17) is 0 Å². The topological polar surface area (TPSA) is 0 Å². The number of rotatable bonds is 0. The Balaban J connectivity index is 2.01. The molecule has 0 nitrogen and oxygen atoms in total. The molecule has 0 bridgehead atoms. The monoisotopic (exact) mass is 152 g/mol. The van der Waals surface area contributed by atoms with Gasteiger partial charge in [0.25, 0.3) is 0 Å². The van der Waals surface area contributed by atoms with E-state index in [1.807, 2.05) is 0 Å². The lowest BCUT2D eigenvalue weighted by atomic mass is 9.54. The van der Waals surface area contributed by atoms with Crippen LogP contribution in [0.1, 0.15) is 52.4 Å². The van der Waals surface area contributed by atoms with Gasteiger partial charge in [0, 0.05) is 0 Å². The molecule has 64 valence electrons. The molecule has 0 amide bonds. The third-order valence-electron chi connectivity index (χ3n) is 3.95. The summed E-state index contributed by atoms with van der Waals surface area (Å²) in [7, 11) is 0. The van der Waals surface area contributed by atoms with Gasteiger partial charge in [-0.3, -0.25) is 0 Å². The third-order valence-corrected chi connectivity index (χ3v) is 3.95. The molecule has 0 N–H and O–H groups in total. The lowest BCUT2D eigenvalue weighted by Crippen LogP contribution is -2.43. The van der Waals surface area contributed by atoms with Crippen LogP contribution in [-0.4, -0.2) is 0 Å². The molecule has 11 heavy (non-hydrogen) atoms. The zero-order valence-corrected chi connectivity index (χ0v) is 7.90. The van der Waals surface area contributed by atoms with Crippen molar-refractivity contribution in [3.63, 3.8) is 0 Å². The lowest BCUT2D eigenvalue weighted by molar-refractivity contribution is -0.0159. The molecule has 2 saturated carbocycles. The Morgan fingerprint density at radius 1 is 1.00 bits per heavy atom. The first-order chi connectivity index (χ1) is 5.20. The Bertz CT molecular complexity index is 146. The average molecular weight is 152 g/mol. The van der Waals surface area contributed by atoms with E-state index in [0.29, 0.717) is 5.41 Å². The van der Waals surface area contributed by atoms with Gasteiger partial charge in [-0.25, -0.2) is 0 Å². The number of hydrogen-bond acceptors (Lipinski definition) is 0. The van der Waals surface area contributed by atoms with Crippen LogP contribution >= 0.6 is 0 Å². The summed E-state index contributed by atoms with van der Waals surface area (Å²) in [6.45, 7) is 4.92. The number of hydrogen-bond donors (Lipinski definition) is 0. The van der Waals surface area contributed by atoms with Gasteiger partial charge < -0.3 is 0 Å². The van der Waals surface area contributed by atoms with Crippen LogP contribution in [0.5, 0.6) is 0 Å². The minimum absolute atomic E-state index is 0.703. The van der Waals surface area contributed by atoms with Crippen LogP contribution < -0.4 is 0 Å². The van der Waals surface area contributed by atoms with Crippen LogP contribution in [0.4, 0.5) is 0 Å². The largest absolute Gasteiger partial charge is 0.0596 e. The second kappa shape index (κ2) is 2.50. The lowest BCUT2D eigenvalue weighted by Gasteiger charge is -2.51. The highest BCUT2D eigenvalue weighted by atomic mass is 14.5. The zero-order chi connectivity index (χ0) is 7.90. The van der Waals surface area contributed by atoms with E-state index in [-0.39, 0.29) is 0 Å². The predicted molar refractivity (Wildman–Crippen MR) is 48.5 cm³/mol. The van der Waals surface area contributed by atoms with Gasteiger partial charge in [-0.15, -0.1) is 0 Å². The smallest absolute Gasteiger partial charge is 0.0321 e. The van der Waals surface area contributed by atoms with Crippen molar-refractivity contribution in [3.05, 3.63) is 0 Å². The van der Waals surface area contributed by atoms with Crippen LogP contribution in [0.15, 0.2) is 0 Å². The maximum absolute atomic E-state index is 2.46. The second-order valence-electron chi connectivity index (χ2n) is 5.20. The van der Waals surface area contributed by atoms with Crippen LogP contribution in [0.25, 0.3) is 0 Å². The van der Waals surface area contributed by atoms with Crippen molar-refractivity contribution in [1.29, 1.82) is 0 Å². The first-order valence-electron chi connectivity index (χ1n) is 5.20. The molecule has 2 rings (SSSR count). The summed E-state index contributed by atoms with van der Waals surface area (Å²) >= 11 is 0. The summed E-state index contributed by atoms with van der Waals surface area (Å²) in [5.74, 6) is 2.21. The molecule has 2 unspecified atom stereocenters. The van der Waals surface area contributed by atoms with Crippen molar-refractivity contribution in [2.24, 2.45) is 17.3 Å². The van der Waals surface area contributed by atoms with Crippen molar-refractivity contribution >= 4 is 0 Å². The van der Waals surface area contributed by atoms with Crippen molar-refractivity contribution in [3.8, 4) is 0 Å². The maximum Gasteiger partial charge on any atom is -0.0321 e. The normalized spacial score (nSPS) is 42.0. The van der Waals surface area contributed by atoms with Crippen LogP contribution in [0.3, 0.4) is 0 Å². The van der Waals surface area contributed by atoms with Crippen molar-refractivity contribution in [2.75, 3.05) is 0 Å². The van der Waals surface area contributed by atoms with Crippen LogP contribution in [0, 0.1) is 17.3 Å². The molecule has 0 spiro atoms. The van der Waals surface area contributed by atoms with Gasteiger partial charge >= 0.3 is 0 Å². The Labute approximate surface area is 70.4 Å². The summed E-state index contributed by atoms with van der Waals surface area (Å²) in [4.78, 5) is 0. The highest BCUT2D eigenvalue weighted by Gasteiger charge is 2.46. The molecule has 0 aliphatic heterocycles. The van der Waals surface area contributed by atoms with E-state index < -0.39 is 0 Å². The average Bonchev–Trinajstić information content (AvgIpc) is 2.10. The van der Waals surface area contributed by atoms with E-state index in [0.717, 1.165) is 11.8 Å². The molecular weight excluding hydrogens is 132 g/mol. The first-order valence-corrected chi connectivity index (χ1v) is 5.20. The van der Waals surface area contributed by atoms with E-state index in [2.05, 4.69) is 13.8 Å². The van der Waals surface area contributed by atoms with Crippen molar-refractivity contribution in [1.82, 2.24) is 0 Å². The molecule has 0 saturated heterocycles. The summed E-state index contributed by atoms with van der Waals surface area (Å²) < 4.78 is 0. The molecule has 0 aromatic carbocycles. The molecule has 0 aromatic rings. The van der Waals surface area contributed by atoms with Gasteiger partial charge in [0.1, 0.15) is 0 Å². The minimum Gasteiger partial charge on any atom is -0.0596 e. The molecule has 0 heterocycles. The Hall–Kier alpha value is 0. The Morgan fingerprint density at radius 3 is 2.45 bits per heavy atom. The number of fused-ring (bicyclic) bond motifs is 1. The summed E-state index contributed by atoms with van der Waals surface area (Å²) in [6, 6.07) is 0. The van der Waals surface area contributed by atoms with E-state index >= 15 is 0 Å². The third kappa shape index (κ3) is 1.21. The fraction of sp³-hybridized carbons (Fsp3) is 1.00. The molecule has 2 aliphatic rings. The molecule has 0 radical (unpaired) electrons. The van der Waals surface area contributed by atoms with Gasteiger partial charge in [-0.1, -0.05) is 39.5 Å². The van der Waals surface area contributed by atoms with Crippen molar-refractivity contribution in [2.45, 2.75) is 52.4 Å². The van der Waals surface area contributed by atoms with E-state index in [1.54, 1.807) is 0 Å². The highest BCUT2D eigenvalue weighted by Crippen LogP contribution is 2.55. The van der Waals surface area contributed by atoms with E-state index in [9.17, 15) is 0 Å². The van der Waals surface area contributed by atoms with Gasteiger partial charge in [0.15, 0.2) is 0 Å². The predicted octanol–water partition coefficient (Wildman–Crippen LogP) is 3.61. The Morgan fingerprint density at radius 2 is 1.73 bits per heavy atom. The van der Waals surface area contributed by atoms with Crippen LogP contribution in [-0.2, 0) is 0 Å². The van der Waals surface area contributed by atoms with Crippen LogP contribution in [0.2, 0.25) is 0 Å². The van der Waals surface area contributed by atoms with Gasteiger partial charge in [0.05, 0.1) is 0 Å². The van der Waals surface area contributed by atoms with Gasteiger partial charge in [-0.05, 0) is 30.1 Å². The maximum atomic E-state index is 2.46. The van der Waals surface area contributed by atoms with E-state index in [1.165, 1.54) is 38.5 Å². The molecule has 0 heteroatoms. The summed E-state index contributed by atoms with van der Waals surface area (Å²) in [5, 5.41) is 0. The summed E-state index contributed by atoms with van der Waals surface area (Å²) in [5.41, 5.74) is 0.703. The van der Waals surface area contributed by atoms with Gasteiger partial charge in [0.2, 0.25) is 0 Å². The highest BCUT2D eigenvalue weighted by molar-refractivity contribution is 4.96. The standard InChI is InChI=1S/C11H20/c1-11(2)8-9-6-4-3-5-7-10(9)11/h9-10H,3-8H2,1-2H3. The molecule has 2 atom stereocenters. The fourth-order valence-electron chi connectivity index (χ4n) is 3.32. The Kier molecular flexibility index (Phi) is 1.74. The van der Waals surface area contributed by atoms with Crippen molar-refractivity contribution < 1.29 is 0 Å². The molecule has 0 aromatic heterocycles. The minimum atomic E-state index is 0.703. The summed E-state index contributed by atoms with van der Waals surface area (Å²) in [6.07, 6.45) is 9.09. The molecule has 2 aliphatic carbocycles. The quantitative estimate of drug-likeness (QED) is 0.497. The first kappa shape index (κ1) is 7.64. The zero-order valence-electron chi connectivity index (χ0n) is 7.90. The fourth-order valence-corrected chi connectivity index (χ4v) is 3.32. The second-order valence-corrected chi connectivity index (χ2v) is 5.20. The molecule has 2 fully saturated rings.